The molecular weight excluding hydrogens is 236 g/mol. The maximum absolute atomic E-state index is 4.84. The van der Waals surface area contributed by atoms with Crippen LogP contribution in [0.15, 0.2) is 24.4 Å². The van der Waals surface area contributed by atoms with Gasteiger partial charge in [-0.3, -0.25) is 0 Å². The van der Waals surface area contributed by atoms with Gasteiger partial charge in [-0.05, 0) is 37.9 Å². The van der Waals surface area contributed by atoms with Crippen LogP contribution < -0.4 is 10.2 Å². The molecule has 1 atom stereocenters. The van der Waals surface area contributed by atoms with E-state index in [1.165, 1.54) is 18.5 Å². The van der Waals surface area contributed by atoms with Gasteiger partial charge in [0.1, 0.15) is 5.65 Å². The van der Waals surface area contributed by atoms with Gasteiger partial charge in [0.2, 0.25) is 0 Å². The molecule has 1 aliphatic heterocycles. The fourth-order valence-corrected chi connectivity index (χ4v) is 3.00. The Balaban J connectivity index is 2.03. The molecule has 0 bridgehead atoms. The van der Waals surface area contributed by atoms with E-state index in [4.69, 9.17) is 4.98 Å². The molecule has 2 aromatic rings. The quantitative estimate of drug-likeness (QED) is 0.917. The first-order valence-electron chi connectivity index (χ1n) is 7.15. The summed E-state index contributed by atoms with van der Waals surface area (Å²) in [6, 6.07) is 6.20. The van der Waals surface area contributed by atoms with Crippen molar-refractivity contribution < 1.29 is 0 Å². The van der Waals surface area contributed by atoms with Gasteiger partial charge in [-0.25, -0.2) is 4.98 Å². The predicted molar refractivity (Wildman–Crippen MR) is 78.6 cm³/mol. The number of imidazole rings is 1. The number of rotatable bonds is 3. The summed E-state index contributed by atoms with van der Waals surface area (Å²) in [6.07, 6.45) is 4.71. The molecule has 102 valence electrons. The molecule has 1 unspecified atom stereocenters. The van der Waals surface area contributed by atoms with Crippen LogP contribution in [0.25, 0.3) is 5.65 Å². The van der Waals surface area contributed by atoms with E-state index in [1.807, 2.05) is 13.1 Å². The van der Waals surface area contributed by atoms with Crippen molar-refractivity contribution in [2.24, 2.45) is 5.92 Å². The van der Waals surface area contributed by atoms with Crippen LogP contribution in [0.1, 0.15) is 25.5 Å². The highest BCUT2D eigenvalue weighted by Crippen LogP contribution is 2.26. The summed E-state index contributed by atoms with van der Waals surface area (Å²) in [4.78, 5) is 7.29. The van der Waals surface area contributed by atoms with Crippen molar-refractivity contribution in [3.8, 4) is 0 Å². The molecule has 3 rings (SSSR count). The first-order valence-corrected chi connectivity index (χ1v) is 7.15. The molecule has 1 aliphatic rings. The van der Waals surface area contributed by atoms with Crippen LogP contribution in [-0.2, 0) is 6.54 Å². The van der Waals surface area contributed by atoms with E-state index < -0.39 is 0 Å². The summed E-state index contributed by atoms with van der Waals surface area (Å²) in [7, 11) is 1.99. The van der Waals surface area contributed by atoms with E-state index in [1.54, 1.807) is 0 Å². The maximum atomic E-state index is 4.84. The van der Waals surface area contributed by atoms with Crippen molar-refractivity contribution in [2.45, 2.75) is 26.3 Å². The number of hydrogen-bond donors (Lipinski definition) is 1. The molecule has 2 aromatic heterocycles. The molecule has 1 N–H and O–H groups in total. The van der Waals surface area contributed by atoms with Gasteiger partial charge in [0, 0.05) is 25.8 Å². The topological polar surface area (TPSA) is 32.6 Å². The zero-order valence-corrected chi connectivity index (χ0v) is 11.8. The first kappa shape index (κ1) is 12.5. The summed E-state index contributed by atoms with van der Waals surface area (Å²) in [5.74, 6) is 1.92. The van der Waals surface area contributed by atoms with Gasteiger partial charge in [-0.15, -0.1) is 0 Å². The van der Waals surface area contributed by atoms with Gasteiger partial charge in [-0.1, -0.05) is 13.0 Å². The van der Waals surface area contributed by atoms with Crippen LogP contribution in [0.2, 0.25) is 0 Å². The summed E-state index contributed by atoms with van der Waals surface area (Å²) >= 11 is 0. The molecule has 1 saturated heterocycles. The fourth-order valence-electron chi connectivity index (χ4n) is 3.00. The molecule has 0 saturated carbocycles. The largest absolute Gasteiger partial charge is 0.355 e. The Bertz CT molecular complexity index is 560. The number of nitrogens with zero attached hydrogens (tertiary/aromatic N) is 3. The lowest BCUT2D eigenvalue weighted by atomic mass is 10.0. The molecule has 4 heteroatoms. The minimum atomic E-state index is 0.765. The van der Waals surface area contributed by atoms with E-state index in [-0.39, 0.29) is 0 Å². The molecule has 4 nitrogen and oxygen atoms in total. The second-order valence-electron chi connectivity index (χ2n) is 5.53. The molecule has 0 radical (unpaired) electrons. The van der Waals surface area contributed by atoms with Crippen LogP contribution >= 0.6 is 0 Å². The van der Waals surface area contributed by atoms with E-state index in [0.717, 1.165) is 37.0 Å². The molecule has 0 aliphatic carbocycles. The molecule has 0 amide bonds. The predicted octanol–water partition coefficient (Wildman–Crippen LogP) is 2.29. The molecule has 0 aromatic carbocycles. The minimum Gasteiger partial charge on any atom is -0.355 e. The van der Waals surface area contributed by atoms with Crippen LogP contribution in [0.3, 0.4) is 0 Å². The Kier molecular flexibility index (Phi) is 3.42. The highest BCUT2D eigenvalue weighted by atomic mass is 15.2. The fraction of sp³-hybridized carbons (Fsp3) is 0.533. The number of aromatic nitrogens is 2. The van der Waals surface area contributed by atoms with Gasteiger partial charge in [0.25, 0.3) is 0 Å². The summed E-state index contributed by atoms with van der Waals surface area (Å²) in [5.41, 5.74) is 2.31. The van der Waals surface area contributed by atoms with Gasteiger partial charge < -0.3 is 14.6 Å². The lowest BCUT2D eigenvalue weighted by Crippen LogP contribution is -2.35. The maximum Gasteiger partial charge on any atom is 0.152 e. The lowest BCUT2D eigenvalue weighted by molar-refractivity contribution is 0.444. The van der Waals surface area contributed by atoms with Crippen LogP contribution in [0.5, 0.6) is 0 Å². The first-order chi connectivity index (χ1) is 9.29. The van der Waals surface area contributed by atoms with E-state index in [2.05, 4.69) is 39.9 Å². The monoisotopic (exact) mass is 258 g/mol. The lowest BCUT2D eigenvalue weighted by Gasteiger charge is -2.31. The number of hydrogen-bond acceptors (Lipinski definition) is 3. The standard InChI is InChI=1S/C15H22N4/c1-12-6-5-8-18(11-12)15-13(10-16-2)19-9-4-3-7-14(19)17-15/h3-4,7,9,12,16H,5-6,8,10-11H2,1-2H3. The van der Waals surface area contributed by atoms with Gasteiger partial charge in [0.15, 0.2) is 5.82 Å². The van der Waals surface area contributed by atoms with Crippen molar-refractivity contribution in [1.82, 2.24) is 14.7 Å². The molecular formula is C15H22N4. The third-order valence-corrected chi connectivity index (χ3v) is 3.91. The Morgan fingerprint density at radius 1 is 1.42 bits per heavy atom. The minimum absolute atomic E-state index is 0.765. The number of nitrogens with one attached hydrogen (secondary N) is 1. The SMILES string of the molecule is CNCc1c(N2CCCC(C)C2)nc2ccccn12. The van der Waals surface area contributed by atoms with Crippen LogP contribution in [0, 0.1) is 5.92 Å². The number of piperidine rings is 1. The van der Waals surface area contributed by atoms with Crippen molar-refractivity contribution in [1.29, 1.82) is 0 Å². The Morgan fingerprint density at radius 2 is 2.32 bits per heavy atom. The Labute approximate surface area is 114 Å². The van der Waals surface area contributed by atoms with Crippen LogP contribution in [0.4, 0.5) is 5.82 Å². The van der Waals surface area contributed by atoms with Crippen molar-refractivity contribution in [3.05, 3.63) is 30.1 Å². The van der Waals surface area contributed by atoms with Crippen molar-refractivity contribution in [3.63, 3.8) is 0 Å². The number of fused-ring (bicyclic) bond motifs is 1. The second kappa shape index (κ2) is 5.21. The molecule has 19 heavy (non-hydrogen) atoms. The molecule has 3 heterocycles. The van der Waals surface area contributed by atoms with E-state index in [9.17, 15) is 0 Å². The summed E-state index contributed by atoms with van der Waals surface area (Å²) in [6.45, 7) is 5.44. The van der Waals surface area contributed by atoms with E-state index in [0.29, 0.717) is 0 Å². The molecule has 0 spiro atoms. The number of anilines is 1. The third kappa shape index (κ3) is 2.32. The van der Waals surface area contributed by atoms with Crippen molar-refractivity contribution >= 4 is 11.5 Å². The Hall–Kier alpha value is -1.55. The zero-order chi connectivity index (χ0) is 13.2. The Morgan fingerprint density at radius 3 is 3.11 bits per heavy atom. The van der Waals surface area contributed by atoms with E-state index >= 15 is 0 Å². The smallest absolute Gasteiger partial charge is 0.152 e. The third-order valence-electron chi connectivity index (χ3n) is 3.91. The van der Waals surface area contributed by atoms with Gasteiger partial charge in [-0.2, -0.15) is 0 Å². The number of pyridine rings is 1. The summed E-state index contributed by atoms with van der Waals surface area (Å²) < 4.78 is 2.20. The average molecular weight is 258 g/mol. The van der Waals surface area contributed by atoms with Gasteiger partial charge >= 0.3 is 0 Å². The summed E-state index contributed by atoms with van der Waals surface area (Å²) in [5, 5.41) is 3.27. The molecule has 1 fully saturated rings. The van der Waals surface area contributed by atoms with Gasteiger partial charge in [0.05, 0.1) is 5.69 Å². The second-order valence-corrected chi connectivity index (χ2v) is 5.53. The van der Waals surface area contributed by atoms with Crippen LogP contribution in [-0.4, -0.2) is 29.5 Å². The highest BCUT2D eigenvalue weighted by molar-refractivity contribution is 5.56. The zero-order valence-electron chi connectivity index (χ0n) is 11.8. The van der Waals surface area contributed by atoms with Crippen molar-refractivity contribution in [2.75, 3.05) is 25.0 Å². The average Bonchev–Trinajstić information content (AvgIpc) is 2.79. The highest BCUT2D eigenvalue weighted by Gasteiger charge is 2.22. The normalized spacial score (nSPS) is 20.1.